The van der Waals surface area contributed by atoms with Gasteiger partial charge in [-0.25, -0.2) is 4.98 Å². The summed E-state index contributed by atoms with van der Waals surface area (Å²) in [5.41, 5.74) is -2.97. The first kappa shape index (κ1) is 24.9. The molecule has 0 aliphatic heterocycles. The molecule has 3 aromatic rings. The van der Waals surface area contributed by atoms with E-state index in [1.54, 1.807) is 0 Å². The van der Waals surface area contributed by atoms with E-state index >= 15 is 0 Å². The van der Waals surface area contributed by atoms with Crippen molar-refractivity contribution in [3.8, 4) is 0 Å². The third-order valence-corrected chi connectivity index (χ3v) is 5.12. The van der Waals surface area contributed by atoms with Gasteiger partial charge in [0.2, 0.25) is 0 Å². The quantitative estimate of drug-likeness (QED) is 0.445. The van der Waals surface area contributed by atoms with Gasteiger partial charge in [0.15, 0.2) is 0 Å². The highest BCUT2D eigenvalue weighted by Gasteiger charge is 2.38. The Morgan fingerprint density at radius 3 is 2.27 bits per heavy atom. The van der Waals surface area contributed by atoms with Gasteiger partial charge in [0.05, 0.1) is 23.8 Å². The molecule has 0 radical (unpaired) electrons. The number of ether oxygens (including phenoxy) is 1. The van der Waals surface area contributed by atoms with Crippen LogP contribution in [0.3, 0.4) is 0 Å². The van der Waals surface area contributed by atoms with E-state index in [9.17, 15) is 31.4 Å². The fourth-order valence-electron chi connectivity index (χ4n) is 3.60. The van der Waals surface area contributed by atoms with Crippen LogP contribution in [-0.4, -0.2) is 36.4 Å². The lowest BCUT2D eigenvalue weighted by molar-refractivity contribution is -0.142. The van der Waals surface area contributed by atoms with Crippen LogP contribution in [0.1, 0.15) is 28.5 Å². The minimum absolute atomic E-state index is 0.196. The van der Waals surface area contributed by atoms with Crippen molar-refractivity contribution >= 4 is 10.9 Å². The molecule has 0 unspecified atom stereocenters. The third kappa shape index (κ3) is 6.21. The van der Waals surface area contributed by atoms with Crippen LogP contribution in [-0.2, 0) is 23.5 Å². The van der Waals surface area contributed by atoms with Crippen LogP contribution in [0.4, 0.5) is 26.3 Å². The number of rotatable bonds is 8. The number of fused-ring (bicyclic) bond motifs is 1. The van der Waals surface area contributed by atoms with Gasteiger partial charge < -0.3 is 15.2 Å². The SMILES string of the molecule is COC[C@H](Cc1ccccc1)NC[C@@H](O)c1cc(C(F)(F)F)nc2c(C(F)(F)F)cccc12. The first-order chi connectivity index (χ1) is 15.5. The van der Waals surface area contributed by atoms with Crippen molar-refractivity contribution in [1.82, 2.24) is 10.3 Å². The number of para-hydroxylation sites is 1. The summed E-state index contributed by atoms with van der Waals surface area (Å²) in [6, 6.07) is 12.6. The van der Waals surface area contributed by atoms with Gasteiger partial charge in [-0.05, 0) is 29.7 Å². The summed E-state index contributed by atoms with van der Waals surface area (Å²) in [4.78, 5) is 3.24. The Kier molecular flexibility index (Phi) is 7.61. The molecule has 2 aromatic carbocycles. The van der Waals surface area contributed by atoms with Gasteiger partial charge in [-0.1, -0.05) is 42.5 Å². The largest absolute Gasteiger partial charge is 0.433 e. The molecule has 0 fully saturated rings. The molecule has 2 N–H and O–H groups in total. The molecule has 0 amide bonds. The second-order valence-corrected chi connectivity index (χ2v) is 7.56. The second-order valence-electron chi connectivity index (χ2n) is 7.56. The summed E-state index contributed by atoms with van der Waals surface area (Å²) in [6.45, 7) is 0.0538. The number of nitrogens with one attached hydrogen (secondary N) is 1. The molecule has 1 aromatic heterocycles. The van der Waals surface area contributed by atoms with Crippen LogP contribution in [0.2, 0.25) is 0 Å². The average molecular weight is 472 g/mol. The molecule has 0 bridgehead atoms. The lowest BCUT2D eigenvalue weighted by Gasteiger charge is -2.22. The van der Waals surface area contributed by atoms with Gasteiger partial charge in [0.25, 0.3) is 0 Å². The monoisotopic (exact) mass is 472 g/mol. The number of halogens is 6. The number of methoxy groups -OCH3 is 1. The first-order valence-electron chi connectivity index (χ1n) is 10.0. The van der Waals surface area contributed by atoms with E-state index < -0.39 is 35.2 Å². The summed E-state index contributed by atoms with van der Waals surface area (Å²) in [5.74, 6) is 0. The Bertz CT molecular complexity index is 1070. The minimum atomic E-state index is -4.99. The molecule has 0 saturated carbocycles. The molecular weight excluding hydrogens is 450 g/mol. The highest BCUT2D eigenvalue weighted by molar-refractivity contribution is 5.86. The highest BCUT2D eigenvalue weighted by atomic mass is 19.4. The van der Waals surface area contributed by atoms with Crippen LogP contribution in [0.5, 0.6) is 0 Å². The van der Waals surface area contributed by atoms with Crippen LogP contribution in [0, 0.1) is 0 Å². The molecule has 2 atom stereocenters. The third-order valence-electron chi connectivity index (χ3n) is 5.12. The lowest BCUT2D eigenvalue weighted by atomic mass is 9.99. The van der Waals surface area contributed by atoms with Crippen LogP contribution in [0.25, 0.3) is 10.9 Å². The maximum Gasteiger partial charge on any atom is 0.433 e. The topological polar surface area (TPSA) is 54.4 Å². The van der Waals surface area contributed by atoms with Gasteiger partial charge in [-0.3, -0.25) is 0 Å². The van der Waals surface area contributed by atoms with E-state index in [0.717, 1.165) is 11.6 Å². The van der Waals surface area contributed by atoms with Crippen molar-refractivity contribution in [2.75, 3.05) is 20.3 Å². The number of nitrogens with zero attached hydrogens (tertiary/aromatic N) is 1. The number of aliphatic hydroxyl groups is 1. The van der Waals surface area contributed by atoms with Crippen LogP contribution < -0.4 is 5.32 Å². The molecular formula is C23H22F6N2O2. The van der Waals surface area contributed by atoms with E-state index in [-0.39, 0.29) is 30.1 Å². The predicted molar refractivity (Wildman–Crippen MR) is 111 cm³/mol. The first-order valence-corrected chi connectivity index (χ1v) is 10.0. The molecule has 33 heavy (non-hydrogen) atoms. The zero-order valence-electron chi connectivity index (χ0n) is 17.5. The Labute approximate surface area is 186 Å². The number of benzene rings is 2. The predicted octanol–water partition coefficient (Wildman–Crippen LogP) is 5.15. The number of hydrogen-bond acceptors (Lipinski definition) is 4. The molecule has 1 heterocycles. The van der Waals surface area contributed by atoms with Gasteiger partial charge in [-0.15, -0.1) is 0 Å². The van der Waals surface area contributed by atoms with Gasteiger partial charge in [0.1, 0.15) is 5.69 Å². The zero-order chi connectivity index (χ0) is 24.2. The van der Waals surface area contributed by atoms with Crippen LogP contribution in [0.15, 0.2) is 54.6 Å². The summed E-state index contributed by atoms with van der Waals surface area (Å²) < 4.78 is 85.6. The standard InChI is InChI=1S/C23H22F6N2O2/c1-33-13-15(10-14-6-3-2-4-7-14)30-12-19(32)17-11-20(23(27,28)29)31-21-16(17)8-5-9-18(21)22(24,25)26/h2-9,11,15,19,30,32H,10,12-13H2,1H3/t15-,19+/m0/s1. The summed E-state index contributed by atoms with van der Waals surface area (Å²) in [6.07, 6.45) is -10.9. The number of aromatic nitrogens is 1. The Morgan fingerprint density at radius 2 is 1.67 bits per heavy atom. The highest BCUT2D eigenvalue weighted by Crippen LogP contribution is 2.38. The Morgan fingerprint density at radius 1 is 0.970 bits per heavy atom. The summed E-state index contributed by atoms with van der Waals surface area (Å²) in [5, 5.41) is 13.5. The second kappa shape index (κ2) is 10.1. The molecule has 0 aliphatic rings. The summed E-state index contributed by atoms with van der Waals surface area (Å²) in [7, 11) is 1.49. The molecule has 0 spiro atoms. The number of alkyl halides is 6. The Balaban J connectivity index is 1.94. The van der Waals surface area contributed by atoms with Gasteiger partial charge in [-0.2, -0.15) is 26.3 Å². The van der Waals surface area contributed by atoms with Crippen LogP contribution >= 0.6 is 0 Å². The van der Waals surface area contributed by atoms with Crippen molar-refractivity contribution < 1.29 is 36.2 Å². The molecule has 4 nitrogen and oxygen atoms in total. The van der Waals surface area contributed by atoms with Crippen molar-refractivity contribution in [2.45, 2.75) is 30.9 Å². The van der Waals surface area contributed by atoms with E-state index in [0.29, 0.717) is 18.6 Å². The summed E-state index contributed by atoms with van der Waals surface area (Å²) >= 11 is 0. The smallest absolute Gasteiger partial charge is 0.387 e. The zero-order valence-corrected chi connectivity index (χ0v) is 17.5. The Hall–Kier alpha value is -2.69. The minimum Gasteiger partial charge on any atom is -0.387 e. The van der Waals surface area contributed by atoms with E-state index in [2.05, 4.69) is 10.3 Å². The number of pyridine rings is 1. The molecule has 0 aliphatic carbocycles. The van der Waals surface area contributed by atoms with E-state index in [1.807, 2.05) is 30.3 Å². The normalized spacial score (nSPS) is 14.4. The van der Waals surface area contributed by atoms with Crippen molar-refractivity contribution in [2.24, 2.45) is 0 Å². The number of hydrogen-bond donors (Lipinski definition) is 2. The van der Waals surface area contributed by atoms with Crippen molar-refractivity contribution in [3.05, 3.63) is 77.0 Å². The maximum absolute atomic E-state index is 13.4. The lowest BCUT2D eigenvalue weighted by Crippen LogP contribution is -2.38. The fourth-order valence-corrected chi connectivity index (χ4v) is 3.60. The maximum atomic E-state index is 13.4. The van der Waals surface area contributed by atoms with Gasteiger partial charge in [0, 0.05) is 25.1 Å². The van der Waals surface area contributed by atoms with E-state index in [4.69, 9.17) is 4.74 Å². The van der Waals surface area contributed by atoms with Crippen molar-refractivity contribution in [3.63, 3.8) is 0 Å². The fraction of sp³-hybridized carbons (Fsp3) is 0.348. The average Bonchev–Trinajstić information content (AvgIpc) is 2.75. The van der Waals surface area contributed by atoms with E-state index in [1.165, 1.54) is 13.2 Å². The molecule has 10 heteroatoms. The number of aliphatic hydroxyl groups excluding tert-OH is 1. The molecule has 178 valence electrons. The van der Waals surface area contributed by atoms with Gasteiger partial charge >= 0.3 is 12.4 Å². The van der Waals surface area contributed by atoms with Crippen molar-refractivity contribution in [1.29, 1.82) is 0 Å². The molecule has 0 saturated heterocycles. The molecule has 3 rings (SSSR count).